The maximum atomic E-state index is 12.8. The van der Waals surface area contributed by atoms with Gasteiger partial charge in [-0.15, -0.1) is 11.8 Å². The van der Waals surface area contributed by atoms with Crippen molar-refractivity contribution in [2.24, 2.45) is 5.92 Å². The van der Waals surface area contributed by atoms with E-state index in [0.29, 0.717) is 12.3 Å². The summed E-state index contributed by atoms with van der Waals surface area (Å²) in [5.41, 5.74) is 0. The average molecular weight is 401 g/mol. The van der Waals surface area contributed by atoms with Gasteiger partial charge in [0.15, 0.2) is 5.37 Å². The van der Waals surface area contributed by atoms with Crippen LogP contribution in [0.4, 0.5) is 4.79 Å². The van der Waals surface area contributed by atoms with Gasteiger partial charge in [0, 0.05) is 19.3 Å². The van der Waals surface area contributed by atoms with Crippen LogP contribution in [0.15, 0.2) is 12.3 Å². The summed E-state index contributed by atoms with van der Waals surface area (Å²) >= 11 is 1.17. The molecule has 1 rings (SSSR count). The van der Waals surface area contributed by atoms with Crippen molar-refractivity contribution < 1.29 is 29.0 Å². The third kappa shape index (κ3) is 5.88. The topological polar surface area (TPSA) is 116 Å². The third-order valence-corrected chi connectivity index (χ3v) is 5.32. The minimum Gasteiger partial charge on any atom is -0.479 e. The lowest BCUT2D eigenvalue weighted by Gasteiger charge is -2.31. The fourth-order valence-electron chi connectivity index (χ4n) is 2.42. The summed E-state index contributed by atoms with van der Waals surface area (Å²) in [5.74, 6) is -1.62. The molecule has 0 aromatic carbocycles. The molecule has 0 aromatic rings. The van der Waals surface area contributed by atoms with Crippen molar-refractivity contribution in [3.63, 3.8) is 0 Å². The van der Waals surface area contributed by atoms with E-state index in [1.807, 2.05) is 0 Å². The smallest absolute Gasteiger partial charge is 0.415 e. The fourth-order valence-corrected chi connectivity index (χ4v) is 3.48. The number of carboxylic acids is 1. The van der Waals surface area contributed by atoms with Crippen molar-refractivity contribution in [2.45, 2.75) is 45.2 Å². The molecule has 3 atom stereocenters. The van der Waals surface area contributed by atoms with Gasteiger partial charge < -0.3 is 20.1 Å². The van der Waals surface area contributed by atoms with E-state index in [-0.39, 0.29) is 11.7 Å². The van der Waals surface area contributed by atoms with Crippen LogP contribution in [0.5, 0.6) is 0 Å². The second kappa shape index (κ2) is 9.63. The molecule has 27 heavy (non-hydrogen) atoms. The number of aliphatic carboxylic acids is 1. The molecular weight excluding hydrogens is 374 g/mol. The summed E-state index contributed by atoms with van der Waals surface area (Å²) in [6, 6.07) is -1.79. The van der Waals surface area contributed by atoms with Crippen LogP contribution in [0.2, 0.25) is 0 Å². The van der Waals surface area contributed by atoms with Crippen LogP contribution in [0.25, 0.3) is 0 Å². The van der Waals surface area contributed by atoms with Gasteiger partial charge in [0.1, 0.15) is 12.1 Å². The molecule has 0 saturated carbocycles. The number of nitrogens with one attached hydrogen (secondary N) is 1. The Bertz CT molecular complexity index is 624. The van der Waals surface area contributed by atoms with Gasteiger partial charge in [0.2, 0.25) is 11.8 Å². The van der Waals surface area contributed by atoms with Crippen LogP contribution in [-0.4, -0.2) is 75.6 Å². The molecule has 1 aliphatic heterocycles. The van der Waals surface area contributed by atoms with E-state index < -0.39 is 41.3 Å². The maximum absolute atomic E-state index is 12.8. The second-order valence-corrected chi connectivity index (χ2v) is 7.87. The number of carbonyl (C=O) groups is 4. The highest BCUT2D eigenvalue weighted by Crippen LogP contribution is 2.25. The average Bonchev–Trinajstić information content (AvgIpc) is 3.06. The molecule has 9 nitrogen and oxygen atoms in total. The summed E-state index contributed by atoms with van der Waals surface area (Å²) in [6.07, 6.45) is -0.737. The van der Waals surface area contributed by atoms with E-state index in [4.69, 9.17) is 4.74 Å². The Morgan fingerprint density at radius 2 is 1.89 bits per heavy atom. The number of hydrogen-bond donors (Lipinski definition) is 2. The molecule has 3 amide bonds. The molecule has 10 heteroatoms. The minimum absolute atomic E-state index is 0.195. The Morgan fingerprint density at radius 3 is 2.37 bits per heavy atom. The number of rotatable bonds is 7. The standard InChI is InChI=1S/C17H27N3O6S/c1-9(2)12(14(22)20-7-8-27-15(20)16(23)24)18-13(21)11(5)19(6)17(25)26-10(3)4/h9,11-12,15H,3,7-8H2,1-2,4-6H3,(H,18,21)(H,23,24)/t11-,12-,15?/m0/s1. The van der Waals surface area contributed by atoms with Crippen molar-refractivity contribution in [1.82, 2.24) is 15.1 Å². The summed E-state index contributed by atoms with van der Waals surface area (Å²) in [7, 11) is 1.40. The van der Waals surface area contributed by atoms with Crippen LogP contribution >= 0.6 is 11.8 Å². The fraction of sp³-hybridized carbons (Fsp3) is 0.647. The summed E-state index contributed by atoms with van der Waals surface area (Å²) in [5, 5.41) is 10.9. The number of hydrogen-bond acceptors (Lipinski definition) is 6. The molecular formula is C17H27N3O6S. The van der Waals surface area contributed by atoms with Crippen LogP contribution in [0.3, 0.4) is 0 Å². The Labute approximate surface area is 163 Å². The van der Waals surface area contributed by atoms with Crippen molar-refractivity contribution in [3.05, 3.63) is 12.3 Å². The maximum Gasteiger partial charge on any atom is 0.415 e. The zero-order valence-electron chi connectivity index (χ0n) is 16.2. The molecule has 0 bridgehead atoms. The SMILES string of the molecule is C=C(C)OC(=O)N(C)[C@@H](C)C(=O)N[C@H](C(=O)N1CCSC1C(=O)O)C(C)C. The van der Waals surface area contributed by atoms with Crippen molar-refractivity contribution >= 4 is 35.6 Å². The van der Waals surface area contributed by atoms with Gasteiger partial charge in [-0.3, -0.25) is 14.5 Å². The molecule has 0 spiro atoms. The van der Waals surface area contributed by atoms with E-state index in [1.165, 1.54) is 37.6 Å². The number of thioether (sulfide) groups is 1. The van der Waals surface area contributed by atoms with Gasteiger partial charge in [-0.1, -0.05) is 20.4 Å². The Balaban J connectivity index is 2.85. The van der Waals surface area contributed by atoms with E-state index in [2.05, 4.69) is 11.9 Å². The van der Waals surface area contributed by atoms with Crippen LogP contribution in [0, 0.1) is 5.92 Å². The third-order valence-electron chi connectivity index (χ3n) is 4.13. The first-order valence-corrected chi connectivity index (χ1v) is 9.57. The molecule has 2 N–H and O–H groups in total. The number of amides is 3. The first-order valence-electron chi connectivity index (χ1n) is 8.52. The van der Waals surface area contributed by atoms with Crippen LogP contribution < -0.4 is 5.32 Å². The van der Waals surface area contributed by atoms with Gasteiger partial charge in [0.05, 0.1) is 5.76 Å². The molecule has 0 radical (unpaired) electrons. The zero-order valence-corrected chi connectivity index (χ0v) is 17.0. The van der Waals surface area contributed by atoms with E-state index in [1.54, 1.807) is 13.8 Å². The highest BCUT2D eigenvalue weighted by molar-refractivity contribution is 8.00. The Hall–Kier alpha value is -2.23. The summed E-state index contributed by atoms with van der Waals surface area (Å²) in [4.78, 5) is 51.0. The van der Waals surface area contributed by atoms with E-state index in [0.717, 1.165) is 4.90 Å². The van der Waals surface area contributed by atoms with Crippen LogP contribution in [0.1, 0.15) is 27.7 Å². The van der Waals surface area contributed by atoms with Gasteiger partial charge in [-0.25, -0.2) is 9.59 Å². The normalized spacial score (nSPS) is 18.6. The number of carboxylic acid groups (broad SMARTS) is 1. The molecule has 0 aliphatic carbocycles. The minimum atomic E-state index is -1.09. The monoisotopic (exact) mass is 401 g/mol. The Kier molecular flexibility index (Phi) is 8.14. The molecule has 1 fully saturated rings. The van der Waals surface area contributed by atoms with E-state index >= 15 is 0 Å². The lowest BCUT2D eigenvalue weighted by molar-refractivity contribution is -0.147. The molecule has 1 saturated heterocycles. The molecule has 0 aromatic heterocycles. The van der Waals surface area contributed by atoms with Crippen molar-refractivity contribution in [2.75, 3.05) is 19.3 Å². The zero-order chi connectivity index (χ0) is 20.9. The first kappa shape index (κ1) is 22.8. The lowest BCUT2D eigenvalue weighted by Crippen LogP contribution is -2.56. The molecule has 1 aliphatic rings. The van der Waals surface area contributed by atoms with Gasteiger partial charge in [0.25, 0.3) is 0 Å². The molecule has 152 valence electrons. The predicted octanol–water partition coefficient (Wildman–Crippen LogP) is 1.10. The Morgan fingerprint density at radius 1 is 1.30 bits per heavy atom. The van der Waals surface area contributed by atoms with Gasteiger partial charge in [-0.05, 0) is 19.8 Å². The number of carbonyl (C=O) groups excluding carboxylic acids is 3. The lowest BCUT2D eigenvalue weighted by atomic mass is 10.0. The summed E-state index contributed by atoms with van der Waals surface area (Å²) in [6.45, 7) is 10.3. The number of nitrogens with zero attached hydrogens (tertiary/aromatic N) is 2. The number of allylic oxidation sites excluding steroid dienone is 1. The number of likely N-dealkylation sites (N-methyl/N-ethyl adjacent to an activating group) is 1. The van der Waals surface area contributed by atoms with Gasteiger partial charge in [-0.2, -0.15) is 0 Å². The van der Waals surface area contributed by atoms with Crippen molar-refractivity contribution in [1.29, 1.82) is 0 Å². The first-order chi connectivity index (χ1) is 12.5. The largest absolute Gasteiger partial charge is 0.479 e. The van der Waals surface area contributed by atoms with Crippen molar-refractivity contribution in [3.8, 4) is 0 Å². The highest BCUT2D eigenvalue weighted by atomic mass is 32.2. The second-order valence-electron chi connectivity index (χ2n) is 6.68. The molecule has 1 heterocycles. The van der Waals surface area contributed by atoms with E-state index in [9.17, 15) is 24.3 Å². The number of ether oxygens (including phenoxy) is 1. The molecule has 1 unspecified atom stereocenters. The quantitative estimate of drug-likeness (QED) is 0.614. The highest BCUT2D eigenvalue weighted by Gasteiger charge is 2.40. The van der Waals surface area contributed by atoms with Crippen LogP contribution in [-0.2, 0) is 19.1 Å². The van der Waals surface area contributed by atoms with Gasteiger partial charge >= 0.3 is 12.1 Å². The summed E-state index contributed by atoms with van der Waals surface area (Å²) < 4.78 is 4.87. The predicted molar refractivity (Wildman–Crippen MR) is 101 cm³/mol.